The van der Waals surface area contributed by atoms with Gasteiger partial charge in [0.2, 0.25) is 0 Å². The lowest BCUT2D eigenvalue weighted by molar-refractivity contribution is -0.384. The molecule has 0 radical (unpaired) electrons. The van der Waals surface area contributed by atoms with E-state index in [1.807, 2.05) is 37.3 Å². The Morgan fingerprint density at radius 2 is 1.84 bits per heavy atom. The maximum Gasteiger partial charge on any atom is 0.293 e. The SMILES string of the molecule is Cc1ccc(NC(=O)/C(C#N)=C/c2ccc(OCc3ccccc3C)cc2)c([N+](=O)[O-])c1. The third-order valence-electron chi connectivity index (χ3n) is 4.81. The number of carbonyl (C=O) groups is 1. The molecule has 0 fully saturated rings. The van der Waals surface area contributed by atoms with Crippen LogP contribution in [0.3, 0.4) is 0 Å². The smallest absolute Gasteiger partial charge is 0.293 e. The van der Waals surface area contributed by atoms with Crippen molar-refractivity contribution in [1.29, 1.82) is 5.26 Å². The molecule has 7 heteroatoms. The predicted molar refractivity (Wildman–Crippen MR) is 122 cm³/mol. The normalized spacial score (nSPS) is 10.8. The highest BCUT2D eigenvalue weighted by atomic mass is 16.6. The summed E-state index contributed by atoms with van der Waals surface area (Å²) in [5.74, 6) is -0.0667. The van der Waals surface area contributed by atoms with Gasteiger partial charge in [-0.05, 0) is 60.4 Å². The fourth-order valence-corrected chi connectivity index (χ4v) is 3.00. The number of nitro benzene ring substituents is 1. The summed E-state index contributed by atoms with van der Waals surface area (Å²) in [5, 5.41) is 23.1. The van der Waals surface area contributed by atoms with Crippen molar-refractivity contribution in [1.82, 2.24) is 0 Å². The minimum Gasteiger partial charge on any atom is -0.489 e. The molecule has 1 amide bonds. The van der Waals surface area contributed by atoms with Gasteiger partial charge in [0.1, 0.15) is 29.7 Å². The van der Waals surface area contributed by atoms with Crippen LogP contribution in [-0.4, -0.2) is 10.8 Å². The highest BCUT2D eigenvalue weighted by Crippen LogP contribution is 2.26. The molecule has 0 spiro atoms. The monoisotopic (exact) mass is 427 g/mol. The van der Waals surface area contributed by atoms with Gasteiger partial charge in [-0.15, -0.1) is 0 Å². The fraction of sp³-hybridized carbons (Fsp3) is 0.120. The number of benzene rings is 3. The Morgan fingerprint density at radius 3 is 2.50 bits per heavy atom. The first-order chi connectivity index (χ1) is 15.4. The average Bonchev–Trinajstić information content (AvgIpc) is 2.78. The second-order valence-corrected chi connectivity index (χ2v) is 7.19. The quantitative estimate of drug-likeness (QED) is 0.237. The molecular weight excluding hydrogens is 406 g/mol. The van der Waals surface area contributed by atoms with Gasteiger partial charge in [-0.1, -0.05) is 42.5 Å². The van der Waals surface area contributed by atoms with Crippen LogP contribution in [-0.2, 0) is 11.4 Å². The molecule has 0 saturated carbocycles. The number of nitrogens with one attached hydrogen (secondary N) is 1. The van der Waals surface area contributed by atoms with Crippen LogP contribution in [0, 0.1) is 35.3 Å². The van der Waals surface area contributed by atoms with Crippen molar-refractivity contribution in [3.8, 4) is 11.8 Å². The average molecular weight is 427 g/mol. The van der Waals surface area contributed by atoms with Gasteiger partial charge in [-0.25, -0.2) is 0 Å². The molecule has 1 N–H and O–H groups in total. The molecule has 0 saturated heterocycles. The van der Waals surface area contributed by atoms with E-state index >= 15 is 0 Å². The third-order valence-corrected chi connectivity index (χ3v) is 4.81. The number of nitriles is 1. The lowest BCUT2D eigenvalue weighted by atomic mass is 10.1. The molecule has 3 rings (SSSR count). The highest BCUT2D eigenvalue weighted by molar-refractivity contribution is 6.10. The van der Waals surface area contributed by atoms with Gasteiger partial charge >= 0.3 is 0 Å². The van der Waals surface area contributed by atoms with Crippen LogP contribution in [0.1, 0.15) is 22.3 Å². The summed E-state index contributed by atoms with van der Waals surface area (Å²) in [6.07, 6.45) is 1.42. The lowest BCUT2D eigenvalue weighted by Crippen LogP contribution is -2.14. The molecule has 0 aliphatic rings. The fourth-order valence-electron chi connectivity index (χ4n) is 3.00. The molecule has 3 aromatic carbocycles. The first-order valence-electron chi connectivity index (χ1n) is 9.83. The largest absolute Gasteiger partial charge is 0.489 e. The van der Waals surface area contributed by atoms with Gasteiger partial charge in [-0.2, -0.15) is 5.26 Å². The standard InChI is InChI=1S/C25H21N3O4/c1-17-7-12-23(24(13-17)28(30)31)27-25(29)21(15-26)14-19-8-10-22(11-9-19)32-16-20-6-4-3-5-18(20)2/h3-14H,16H2,1-2H3,(H,27,29)/b21-14+. The summed E-state index contributed by atoms with van der Waals surface area (Å²) in [7, 11) is 0. The first kappa shape index (κ1) is 22.2. The second kappa shape index (κ2) is 10.0. The van der Waals surface area contributed by atoms with Crippen molar-refractivity contribution in [2.24, 2.45) is 0 Å². The van der Waals surface area contributed by atoms with Crippen LogP contribution in [0.15, 0.2) is 72.3 Å². The number of aryl methyl sites for hydroxylation is 2. The number of ether oxygens (including phenoxy) is 1. The van der Waals surface area contributed by atoms with Crippen molar-refractivity contribution < 1.29 is 14.5 Å². The van der Waals surface area contributed by atoms with E-state index in [9.17, 15) is 20.2 Å². The molecule has 0 atom stereocenters. The Hall–Kier alpha value is -4.44. The van der Waals surface area contributed by atoms with Crippen molar-refractivity contribution >= 4 is 23.4 Å². The number of carbonyl (C=O) groups excluding carboxylic acids is 1. The Balaban J connectivity index is 1.71. The number of hydrogen-bond donors (Lipinski definition) is 1. The molecule has 160 valence electrons. The molecular formula is C25H21N3O4. The van der Waals surface area contributed by atoms with E-state index in [1.165, 1.54) is 18.2 Å². The predicted octanol–water partition coefficient (Wildman–Crippen LogP) is 5.34. The number of rotatable bonds is 7. The number of hydrogen-bond acceptors (Lipinski definition) is 5. The summed E-state index contributed by atoms with van der Waals surface area (Å²) in [6.45, 7) is 4.17. The van der Waals surface area contributed by atoms with E-state index in [0.29, 0.717) is 23.5 Å². The van der Waals surface area contributed by atoms with E-state index in [2.05, 4.69) is 5.32 Å². The minimum atomic E-state index is -0.723. The van der Waals surface area contributed by atoms with Gasteiger partial charge in [0.05, 0.1) is 4.92 Å². The van der Waals surface area contributed by atoms with Gasteiger partial charge < -0.3 is 10.1 Å². The Kier molecular flexibility index (Phi) is 6.99. The van der Waals surface area contributed by atoms with E-state index in [4.69, 9.17) is 4.74 Å². The van der Waals surface area contributed by atoms with Crippen LogP contribution >= 0.6 is 0 Å². The molecule has 3 aromatic rings. The zero-order valence-electron chi connectivity index (χ0n) is 17.7. The van der Waals surface area contributed by atoms with Crippen LogP contribution in [0.4, 0.5) is 11.4 Å². The maximum atomic E-state index is 12.5. The molecule has 7 nitrogen and oxygen atoms in total. The van der Waals surface area contributed by atoms with Crippen LogP contribution in [0.2, 0.25) is 0 Å². The summed E-state index contributed by atoms with van der Waals surface area (Å²) >= 11 is 0. The Labute approximate surface area is 185 Å². The molecule has 0 aliphatic heterocycles. The lowest BCUT2D eigenvalue weighted by Gasteiger charge is -2.09. The first-order valence-corrected chi connectivity index (χ1v) is 9.83. The number of amides is 1. The van der Waals surface area contributed by atoms with Crippen LogP contribution in [0.25, 0.3) is 6.08 Å². The van der Waals surface area contributed by atoms with Crippen molar-refractivity contribution in [2.45, 2.75) is 20.5 Å². The van der Waals surface area contributed by atoms with Crippen molar-refractivity contribution in [3.63, 3.8) is 0 Å². The molecule has 0 aromatic heterocycles. The van der Waals surface area contributed by atoms with Crippen LogP contribution in [0.5, 0.6) is 5.75 Å². The van der Waals surface area contributed by atoms with E-state index in [1.54, 1.807) is 37.3 Å². The van der Waals surface area contributed by atoms with Gasteiger partial charge in [-0.3, -0.25) is 14.9 Å². The number of nitrogens with zero attached hydrogens (tertiary/aromatic N) is 2. The van der Waals surface area contributed by atoms with Crippen LogP contribution < -0.4 is 10.1 Å². The molecule has 32 heavy (non-hydrogen) atoms. The number of nitro groups is 1. The second-order valence-electron chi connectivity index (χ2n) is 7.19. The summed E-state index contributed by atoms with van der Waals surface area (Å²) in [5.41, 5.74) is 3.18. The molecule has 0 unspecified atom stereocenters. The van der Waals surface area contributed by atoms with E-state index in [-0.39, 0.29) is 16.9 Å². The molecule has 0 bridgehead atoms. The highest BCUT2D eigenvalue weighted by Gasteiger charge is 2.18. The van der Waals surface area contributed by atoms with Gasteiger partial charge in [0.25, 0.3) is 11.6 Å². The van der Waals surface area contributed by atoms with E-state index < -0.39 is 10.8 Å². The third kappa shape index (κ3) is 5.58. The Morgan fingerprint density at radius 1 is 1.12 bits per heavy atom. The zero-order valence-corrected chi connectivity index (χ0v) is 17.7. The molecule has 0 aliphatic carbocycles. The Bertz CT molecular complexity index is 1220. The summed E-state index contributed by atoms with van der Waals surface area (Å²) in [4.78, 5) is 23.2. The number of anilines is 1. The van der Waals surface area contributed by atoms with Gasteiger partial charge in [0.15, 0.2) is 0 Å². The zero-order chi connectivity index (χ0) is 23.1. The van der Waals surface area contributed by atoms with E-state index in [0.717, 1.165) is 11.1 Å². The van der Waals surface area contributed by atoms with Gasteiger partial charge in [0, 0.05) is 6.07 Å². The topological polar surface area (TPSA) is 105 Å². The molecule has 0 heterocycles. The minimum absolute atomic E-state index is 0.0340. The maximum absolute atomic E-state index is 12.5. The van der Waals surface area contributed by atoms with Crippen molar-refractivity contribution in [2.75, 3.05) is 5.32 Å². The summed E-state index contributed by atoms with van der Waals surface area (Å²) in [6, 6.07) is 21.2. The summed E-state index contributed by atoms with van der Waals surface area (Å²) < 4.78 is 5.80. The van der Waals surface area contributed by atoms with Crippen molar-refractivity contribution in [3.05, 3.63) is 105 Å².